The molecule has 2 heterocycles. The first-order valence-corrected chi connectivity index (χ1v) is 9.12. The Kier molecular flexibility index (Phi) is 4.19. The Morgan fingerprint density at radius 2 is 1.74 bits per heavy atom. The van der Waals surface area contributed by atoms with Gasteiger partial charge < -0.3 is 4.74 Å². The van der Waals surface area contributed by atoms with Crippen LogP contribution in [-0.2, 0) is 24.7 Å². The normalized spacial score (nSPS) is 26.4. The van der Waals surface area contributed by atoms with Gasteiger partial charge in [-0.3, -0.25) is 14.6 Å². The van der Waals surface area contributed by atoms with Crippen LogP contribution in [0.4, 0.5) is 5.69 Å². The summed E-state index contributed by atoms with van der Waals surface area (Å²) in [4.78, 5) is 44.5. The summed E-state index contributed by atoms with van der Waals surface area (Å²) in [6.07, 6.45) is 1.41. The molecule has 0 radical (unpaired) electrons. The van der Waals surface area contributed by atoms with E-state index in [4.69, 9.17) is 4.74 Å². The summed E-state index contributed by atoms with van der Waals surface area (Å²) in [6, 6.07) is 15.6. The molecule has 0 spiro atoms. The number of nitrogens with zero attached hydrogens (tertiary/aromatic N) is 2. The van der Waals surface area contributed by atoms with Crippen LogP contribution < -0.4 is 4.90 Å². The molecule has 0 saturated carbocycles. The third-order valence-electron chi connectivity index (χ3n) is 5.04. The number of amides is 2. The second kappa shape index (κ2) is 6.42. The molecule has 7 heteroatoms. The number of anilines is 1. The predicted molar refractivity (Wildman–Crippen MR) is 102 cm³/mol. The highest BCUT2D eigenvalue weighted by molar-refractivity contribution is 9.10. The molecular weight excluding hydrogens is 412 g/mol. The Labute approximate surface area is 164 Å². The van der Waals surface area contributed by atoms with Crippen molar-refractivity contribution in [2.24, 2.45) is 16.8 Å². The standard InChI is InChI=1S/C20H15BrN2O4/c1-27-19(26)20(12-5-3-2-4-6-12)16-15(11-22-20)17(24)23(18(16)25)14-9-7-13(21)8-10-14/h2-11,15-16H,1H3/t15-,16+,20+/m1/s1. The number of halogens is 1. The van der Waals surface area contributed by atoms with E-state index in [0.717, 1.165) is 9.37 Å². The van der Waals surface area contributed by atoms with Gasteiger partial charge in [-0.15, -0.1) is 0 Å². The van der Waals surface area contributed by atoms with Crippen molar-refractivity contribution < 1.29 is 19.1 Å². The number of hydrogen-bond donors (Lipinski definition) is 0. The van der Waals surface area contributed by atoms with Crippen LogP contribution in [0.3, 0.4) is 0 Å². The van der Waals surface area contributed by atoms with Crippen molar-refractivity contribution in [1.82, 2.24) is 0 Å². The van der Waals surface area contributed by atoms with Gasteiger partial charge in [0.05, 0.1) is 24.6 Å². The average molecular weight is 427 g/mol. The van der Waals surface area contributed by atoms with Gasteiger partial charge in [-0.2, -0.15) is 0 Å². The average Bonchev–Trinajstić information content (AvgIpc) is 3.21. The summed E-state index contributed by atoms with van der Waals surface area (Å²) in [5.41, 5.74) is -0.570. The molecule has 27 heavy (non-hydrogen) atoms. The van der Waals surface area contributed by atoms with E-state index in [0.29, 0.717) is 11.3 Å². The Balaban J connectivity index is 1.84. The lowest BCUT2D eigenvalue weighted by Gasteiger charge is -2.29. The minimum atomic E-state index is -1.56. The highest BCUT2D eigenvalue weighted by Gasteiger charge is 2.65. The molecule has 1 saturated heterocycles. The molecule has 0 aliphatic carbocycles. The first-order valence-electron chi connectivity index (χ1n) is 8.33. The van der Waals surface area contributed by atoms with E-state index in [-0.39, 0.29) is 0 Å². The summed E-state index contributed by atoms with van der Waals surface area (Å²) < 4.78 is 5.83. The van der Waals surface area contributed by atoms with Gasteiger partial charge in [-0.25, -0.2) is 9.69 Å². The van der Waals surface area contributed by atoms with Gasteiger partial charge in [-0.1, -0.05) is 46.3 Å². The molecule has 2 aromatic carbocycles. The summed E-state index contributed by atoms with van der Waals surface area (Å²) in [6.45, 7) is 0. The monoisotopic (exact) mass is 426 g/mol. The minimum Gasteiger partial charge on any atom is -0.467 e. The van der Waals surface area contributed by atoms with Crippen LogP contribution in [0.1, 0.15) is 5.56 Å². The van der Waals surface area contributed by atoms with Crippen molar-refractivity contribution in [2.75, 3.05) is 12.0 Å². The van der Waals surface area contributed by atoms with E-state index in [1.54, 1.807) is 54.6 Å². The van der Waals surface area contributed by atoms with Crippen molar-refractivity contribution >= 4 is 45.6 Å². The second-order valence-electron chi connectivity index (χ2n) is 6.39. The summed E-state index contributed by atoms with van der Waals surface area (Å²) in [5, 5.41) is 0. The van der Waals surface area contributed by atoms with Crippen LogP contribution in [0.15, 0.2) is 64.1 Å². The number of aliphatic imine (C=N–C) groups is 1. The van der Waals surface area contributed by atoms with Crippen molar-refractivity contribution in [3.05, 3.63) is 64.6 Å². The molecule has 0 bridgehead atoms. The molecule has 2 aliphatic rings. The van der Waals surface area contributed by atoms with E-state index in [2.05, 4.69) is 20.9 Å². The molecule has 2 amide bonds. The molecule has 4 rings (SSSR count). The maximum Gasteiger partial charge on any atom is 0.339 e. The van der Waals surface area contributed by atoms with Gasteiger partial charge in [0, 0.05) is 10.7 Å². The molecule has 1 fully saturated rings. The van der Waals surface area contributed by atoms with Crippen molar-refractivity contribution in [3.63, 3.8) is 0 Å². The predicted octanol–water partition coefficient (Wildman–Crippen LogP) is 2.71. The van der Waals surface area contributed by atoms with Gasteiger partial charge in [0.2, 0.25) is 11.8 Å². The van der Waals surface area contributed by atoms with Crippen molar-refractivity contribution in [2.45, 2.75) is 5.54 Å². The zero-order valence-corrected chi connectivity index (χ0v) is 15.9. The number of imide groups is 1. The maximum atomic E-state index is 13.3. The molecule has 0 aromatic heterocycles. The lowest BCUT2D eigenvalue weighted by atomic mass is 9.76. The van der Waals surface area contributed by atoms with Gasteiger partial charge >= 0.3 is 5.97 Å². The molecule has 6 nitrogen and oxygen atoms in total. The number of hydrogen-bond acceptors (Lipinski definition) is 5. The van der Waals surface area contributed by atoms with Gasteiger partial charge in [-0.05, 0) is 29.8 Å². The Bertz CT molecular complexity index is 958. The lowest BCUT2D eigenvalue weighted by molar-refractivity contribution is -0.151. The highest BCUT2D eigenvalue weighted by Crippen LogP contribution is 2.48. The number of esters is 1. The van der Waals surface area contributed by atoms with E-state index in [1.165, 1.54) is 13.3 Å². The highest BCUT2D eigenvalue weighted by atomic mass is 79.9. The van der Waals surface area contributed by atoms with Crippen LogP contribution in [0.5, 0.6) is 0 Å². The van der Waals surface area contributed by atoms with Gasteiger partial charge in [0.1, 0.15) is 0 Å². The van der Waals surface area contributed by atoms with Crippen molar-refractivity contribution in [3.8, 4) is 0 Å². The van der Waals surface area contributed by atoms with Gasteiger partial charge in [0.25, 0.3) is 0 Å². The quantitative estimate of drug-likeness (QED) is 0.558. The number of ether oxygens (including phenoxy) is 1. The second-order valence-corrected chi connectivity index (χ2v) is 7.31. The Morgan fingerprint density at radius 3 is 2.37 bits per heavy atom. The zero-order chi connectivity index (χ0) is 19.2. The molecule has 0 unspecified atom stereocenters. The number of fused-ring (bicyclic) bond motifs is 1. The smallest absolute Gasteiger partial charge is 0.339 e. The molecule has 3 atom stereocenters. The molecule has 2 aliphatic heterocycles. The van der Waals surface area contributed by atoms with Gasteiger partial charge in [0.15, 0.2) is 5.54 Å². The third kappa shape index (κ3) is 2.45. The number of carbonyl (C=O) groups is 3. The molecule has 0 N–H and O–H groups in total. The maximum absolute atomic E-state index is 13.3. The van der Waals surface area contributed by atoms with E-state index in [1.807, 2.05) is 0 Å². The third-order valence-corrected chi connectivity index (χ3v) is 5.56. The zero-order valence-electron chi connectivity index (χ0n) is 14.3. The largest absolute Gasteiger partial charge is 0.467 e. The first kappa shape index (κ1) is 17.6. The number of methoxy groups -OCH3 is 1. The fourth-order valence-electron chi connectivity index (χ4n) is 3.80. The number of rotatable bonds is 3. The van der Waals surface area contributed by atoms with Crippen LogP contribution in [0, 0.1) is 11.8 Å². The number of benzene rings is 2. The molecule has 136 valence electrons. The molecular formula is C20H15BrN2O4. The first-order chi connectivity index (χ1) is 13.0. The van der Waals surface area contributed by atoms with E-state index < -0.39 is 35.2 Å². The lowest BCUT2D eigenvalue weighted by Crippen LogP contribution is -2.45. The van der Waals surface area contributed by atoms with E-state index >= 15 is 0 Å². The summed E-state index contributed by atoms with van der Waals surface area (Å²) in [7, 11) is 1.25. The summed E-state index contributed by atoms with van der Waals surface area (Å²) >= 11 is 3.34. The number of carbonyl (C=O) groups excluding carboxylic acids is 3. The van der Waals surface area contributed by atoms with Crippen LogP contribution >= 0.6 is 15.9 Å². The fraction of sp³-hybridized carbons (Fsp3) is 0.200. The minimum absolute atomic E-state index is 0.391. The van der Waals surface area contributed by atoms with Crippen LogP contribution in [-0.4, -0.2) is 31.1 Å². The van der Waals surface area contributed by atoms with E-state index in [9.17, 15) is 14.4 Å². The van der Waals surface area contributed by atoms with Crippen molar-refractivity contribution in [1.29, 1.82) is 0 Å². The Hall–Kier alpha value is -2.80. The SMILES string of the molecule is COC(=O)[C@@]1(c2ccccc2)N=C[C@H]2C(=O)N(c3ccc(Br)cc3)C(=O)[C@H]21. The summed E-state index contributed by atoms with van der Waals surface area (Å²) in [5.74, 6) is -3.28. The van der Waals surface area contributed by atoms with Crippen LogP contribution in [0.25, 0.3) is 0 Å². The Morgan fingerprint density at radius 1 is 1.07 bits per heavy atom. The topological polar surface area (TPSA) is 76.0 Å². The van der Waals surface area contributed by atoms with Crippen LogP contribution in [0.2, 0.25) is 0 Å². The molecule has 2 aromatic rings. The fourth-order valence-corrected chi connectivity index (χ4v) is 4.07.